The highest BCUT2D eigenvalue weighted by Gasteiger charge is 2.29. The maximum Gasteiger partial charge on any atom is 0.326 e. The molecule has 0 unspecified atom stereocenters. The van der Waals surface area contributed by atoms with E-state index in [4.69, 9.17) is 5.11 Å². The number of nitrogens with one attached hydrogen (secondary N) is 3. The number of benzene rings is 1. The quantitative estimate of drug-likeness (QED) is 0.404. The van der Waals surface area contributed by atoms with Crippen LogP contribution in [0.5, 0.6) is 0 Å². The van der Waals surface area contributed by atoms with Gasteiger partial charge in [-0.25, -0.2) is 4.79 Å². The van der Waals surface area contributed by atoms with Crippen LogP contribution in [0.3, 0.4) is 0 Å². The topological polar surface area (TPSA) is 149 Å². The first kappa shape index (κ1) is 21.9. The lowest BCUT2D eigenvalue weighted by Crippen LogP contribution is -2.54. The number of carbonyl (C=O) groups is 4. The first-order chi connectivity index (χ1) is 13.7. The van der Waals surface area contributed by atoms with Crippen molar-refractivity contribution in [2.24, 2.45) is 5.92 Å². The van der Waals surface area contributed by atoms with E-state index < -0.39 is 35.8 Å². The number of carbonyl (C=O) groups excluding carboxylic acids is 2. The number of hydrogen-bond donors (Lipinski definition) is 5. The summed E-state index contributed by atoms with van der Waals surface area (Å²) in [4.78, 5) is 49.9. The SMILES string of the molecule is CC(C)[C@H](NC(=O)CCC(=O)O)C(=O)N[C@@H](Cc1c[nH]c2ccccc12)C(=O)O. The molecule has 0 saturated carbocycles. The van der Waals surface area contributed by atoms with Crippen molar-refractivity contribution < 1.29 is 29.4 Å². The molecule has 1 aromatic heterocycles. The van der Waals surface area contributed by atoms with E-state index in [0.717, 1.165) is 16.5 Å². The number of amides is 2. The third kappa shape index (κ3) is 6.06. The van der Waals surface area contributed by atoms with E-state index in [1.165, 1.54) is 0 Å². The molecular weight excluding hydrogens is 378 g/mol. The highest BCUT2D eigenvalue weighted by molar-refractivity contribution is 5.91. The number of H-pyrrole nitrogens is 1. The van der Waals surface area contributed by atoms with Crippen LogP contribution in [0.1, 0.15) is 32.3 Å². The summed E-state index contributed by atoms with van der Waals surface area (Å²) >= 11 is 0. The molecule has 0 fully saturated rings. The van der Waals surface area contributed by atoms with Crippen molar-refractivity contribution in [3.05, 3.63) is 36.0 Å². The van der Waals surface area contributed by atoms with Gasteiger partial charge >= 0.3 is 11.9 Å². The number of hydrogen-bond acceptors (Lipinski definition) is 4. The summed E-state index contributed by atoms with van der Waals surface area (Å²) in [5.74, 6) is -3.83. The molecule has 0 radical (unpaired) electrons. The van der Waals surface area contributed by atoms with Crippen molar-refractivity contribution in [1.29, 1.82) is 0 Å². The van der Waals surface area contributed by atoms with Crippen molar-refractivity contribution in [3.63, 3.8) is 0 Å². The summed E-state index contributed by atoms with van der Waals surface area (Å²) in [7, 11) is 0. The highest BCUT2D eigenvalue weighted by atomic mass is 16.4. The molecule has 2 aromatic rings. The van der Waals surface area contributed by atoms with E-state index in [1.54, 1.807) is 20.0 Å². The minimum Gasteiger partial charge on any atom is -0.481 e. The molecule has 0 aliphatic heterocycles. The number of aliphatic carboxylic acids is 2. The van der Waals surface area contributed by atoms with Crippen molar-refractivity contribution in [3.8, 4) is 0 Å². The molecule has 1 aromatic carbocycles. The number of aromatic amines is 1. The zero-order valence-corrected chi connectivity index (χ0v) is 16.3. The molecule has 9 heteroatoms. The van der Waals surface area contributed by atoms with Gasteiger partial charge in [-0.3, -0.25) is 14.4 Å². The molecular formula is C20H25N3O6. The normalized spacial score (nSPS) is 13.1. The van der Waals surface area contributed by atoms with Crippen molar-refractivity contribution >= 4 is 34.7 Å². The molecule has 2 amide bonds. The Hall–Kier alpha value is -3.36. The van der Waals surface area contributed by atoms with Crippen LogP contribution >= 0.6 is 0 Å². The second kappa shape index (κ2) is 9.72. The minimum atomic E-state index is -1.19. The van der Waals surface area contributed by atoms with Crippen LogP contribution in [0, 0.1) is 5.92 Å². The lowest BCUT2D eigenvalue weighted by molar-refractivity contribution is -0.142. The summed E-state index contributed by atoms with van der Waals surface area (Å²) in [6.07, 6.45) is 1.17. The van der Waals surface area contributed by atoms with Crippen molar-refractivity contribution in [1.82, 2.24) is 15.6 Å². The number of aromatic nitrogens is 1. The third-order valence-corrected chi connectivity index (χ3v) is 4.55. The van der Waals surface area contributed by atoms with Gasteiger partial charge in [-0.15, -0.1) is 0 Å². The van der Waals surface area contributed by atoms with Gasteiger partial charge in [0.2, 0.25) is 11.8 Å². The van der Waals surface area contributed by atoms with E-state index in [1.807, 2.05) is 24.3 Å². The Morgan fingerprint density at radius 2 is 1.72 bits per heavy atom. The van der Waals surface area contributed by atoms with Crippen LogP contribution in [-0.4, -0.2) is 51.0 Å². The first-order valence-corrected chi connectivity index (χ1v) is 9.28. The van der Waals surface area contributed by atoms with Crippen molar-refractivity contribution in [2.75, 3.05) is 0 Å². The summed E-state index contributed by atoms with van der Waals surface area (Å²) in [6, 6.07) is 5.28. The molecule has 5 N–H and O–H groups in total. The summed E-state index contributed by atoms with van der Waals surface area (Å²) < 4.78 is 0. The highest BCUT2D eigenvalue weighted by Crippen LogP contribution is 2.19. The van der Waals surface area contributed by atoms with Crippen LogP contribution in [0.2, 0.25) is 0 Å². The second-order valence-corrected chi connectivity index (χ2v) is 7.15. The lowest BCUT2D eigenvalue weighted by Gasteiger charge is -2.24. The van der Waals surface area contributed by atoms with Gasteiger partial charge in [0.25, 0.3) is 0 Å². The number of carboxylic acids is 2. The van der Waals surface area contributed by atoms with Gasteiger partial charge in [-0.1, -0.05) is 32.0 Å². The molecule has 2 rings (SSSR count). The van der Waals surface area contributed by atoms with Gasteiger partial charge in [0.15, 0.2) is 0 Å². The fourth-order valence-electron chi connectivity index (χ4n) is 2.98. The number of rotatable bonds is 10. The third-order valence-electron chi connectivity index (χ3n) is 4.55. The van der Waals surface area contributed by atoms with E-state index in [0.29, 0.717) is 0 Å². The van der Waals surface area contributed by atoms with Crippen LogP contribution in [0.4, 0.5) is 0 Å². The monoisotopic (exact) mass is 403 g/mol. The molecule has 0 aliphatic carbocycles. The van der Waals surface area contributed by atoms with Crippen LogP contribution in [0.25, 0.3) is 10.9 Å². The average molecular weight is 403 g/mol. The molecule has 0 saturated heterocycles. The standard InChI is InChI=1S/C20H25N3O6/c1-11(2)18(23-16(24)7-8-17(25)26)19(27)22-15(20(28)29)9-12-10-21-14-6-4-3-5-13(12)14/h3-6,10-11,15,18,21H,7-9H2,1-2H3,(H,22,27)(H,23,24)(H,25,26)(H,28,29)/t15-,18-/m0/s1. The molecule has 0 aliphatic rings. The predicted molar refractivity (Wildman–Crippen MR) is 105 cm³/mol. The van der Waals surface area contributed by atoms with Crippen LogP contribution < -0.4 is 10.6 Å². The number of fused-ring (bicyclic) bond motifs is 1. The second-order valence-electron chi connectivity index (χ2n) is 7.15. The molecule has 2 atom stereocenters. The average Bonchev–Trinajstić information content (AvgIpc) is 3.06. The fourth-order valence-corrected chi connectivity index (χ4v) is 2.98. The molecule has 29 heavy (non-hydrogen) atoms. The Bertz CT molecular complexity index is 905. The Morgan fingerprint density at radius 1 is 1.03 bits per heavy atom. The smallest absolute Gasteiger partial charge is 0.326 e. The van der Waals surface area contributed by atoms with E-state index in [9.17, 15) is 24.3 Å². The Balaban J connectivity index is 2.08. The molecule has 156 valence electrons. The Labute approximate surface area is 167 Å². The largest absolute Gasteiger partial charge is 0.481 e. The summed E-state index contributed by atoms with van der Waals surface area (Å²) in [6.45, 7) is 3.41. The molecule has 0 spiro atoms. The van der Waals surface area contributed by atoms with Gasteiger partial charge in [0.05, 0.1) is 6.42 Å². The molecule has 0 bridgehead atoms. The zero-order chi connectivity index (χ0) is 21.6. The van der Waals surface area contributed by atoms with Gasteiger partial charge in [-0.05, 0) is 17.5 Å². The number of para-hydroxylation sites is 1. The van der Waals surface area contributed by atoms with E-state index in [-0.39, 0.29) is 25.2 Å². The Morgan fingerprint density at radius 3 is 2.34 bits per heavy atom. The lowest BCUT2D eigenvalue weighted by atomic mass is 10.0. The maximum atomic E-state index is 12.7. The van der Waals surface area contributed by atoms with Gasteiger partial charge in [0.1, 0.15) is 12.1 Å². The number of carboxylic acid groups (broad SMARTS) is 2. The first-order valence-electron chi connectivity index (χ1n) is 9.28. The molecule has 9 nitrogen and oxygen atoms in total. The molecule has 1 heterocycles. The fraction of sp³-hybridized carbons (Fsp3) is 0.400. The van der Waals surface area contributed by atoms with Gasteiger partial charge < -0.3 is 25.8 Å². The van der Waals surface area contributed by atoms with E-state index in [2.05, 4.69) is 15.6 Å². The Kier molecular flexibility index (Phi) is 7.35. The van der Waals surface area contributed by atoms with Crippen LogP contribution in [-0.2, 0) is 25.6 Å². The van der Waals surface area contributed by atoms with Crippen LogP contribution in [0.15, 0.2) is 30.5 Å². The zero-order valence-electron chi connectivity index (χ0n) is 16.3. The van der Waals surface area contributed by atoms with Gasteiger partial charge in [0, 0.05) is 29.9 Å². The maximum absolute atomic E-state index is 12.7. The summed E-state index contributed by atoms with van der Waals surface area (Å²) in [5.41, 5.74) is 1.61. The summed E-state index contributed by atoms with van der Waals surface area (Å²) in [5, 5.41) is 24.1. The van der Waals surface area contributed by atoms with Gasteiger partial charge in [-0.2, -0.15) is 0 Å². The van der Waals surface area contributed by atoms with Crippen molar-refractivity contribution in [2.45, 2.75) is 45.2 Å². The minimum absolute atomic E-state index is 0.0723. The van der Waals surface area contributed by atoms with E-state index >= 15 is 0 Å². The predicted octanol–water partition coefficient (Wildman–Crippen LogP) is 1.29.